The predicted octanol–water partition coefficient (Wildman–Crippen LogP) is 1.95. The number of piperidine rings is 1. The first-order chi connectivity index (χ1) is 17.5. The third kappa shape index (κ3) is 6.35. The van der Waals surface area contributed by atoms with Gasteiger partial charge in [-0.25, -0.2) is 4.79 Å². The smallest absolute Gasteiger partial charge is 0.490 e. The first-order valence-electron chi connectivity index (χ1n) is 12.2. The second-order valence-corrected chi connectivity index (χ2v) is 9.78. The van der Waals surface area contributed by atoms with Crippen molar-refractivity contribution in [3.63, 3.8) is 0 Å². The molecule has 12 heteroatoms. The number of aliphatic carboxylic acids is 1. The van der Waals surface area contributed by atoms with Crippen LogP contribution in [0.3, 0.4) is 0 Å². The summed E-state index contributed by atoms with van der Waals surface area (Å²) in [5, 5.41) is 10.2. The molecule has 3 aliphatic heterocycles. The molecule has 2 N–H and O–H groups in total. The minimum Gasteiger partial charge on any atom is -0.497 e. The van der Waals surface area contributed by atoms with Crippen LogP contribution >= 0.6 is 0 Å². The molecular weight excluding hydrogens is 495 g/mol. The average molecular weight is 530 g/mol. The number of nitrogens with one attached hydrogen (secondary N) is 1. The predicted molar refractivity (Wildman–Crippen MR) is 127 cm³/mol. The molecule has 206 valence electrons. The maximum Gasteiger partial charge on any atom is 0.490 e. The quantitative estimate of drug-likeness (QED) is 0.580. The summed E-state index contributed by atoms with van der Waals surface area (Å²) >= 11 is 0. The van der Waals surface area contributed by atoms with Crippen LogP contribution in [0.5, 0.6) is 5.75 Å². The standard InChI is InChI=1S/C23H33N3O4.C2HF3O2/c1-29-14-13-25-16-22(23(17-25)7-10-24-21(23)28)8-11-26(12-9-22)20(27)15-18-3-5-19(30-2)6-4-18;3-2(4,5)1(6)7/h3-6H,7-17H2,1-2H3,(H,24,28);(H,6,7). The van der Waals surface area contributed by atoms with Gasteiger partial charge in [0.2, 0.25) is 11.8 Å². The number of methoxy groups -OCH3 is 2. The number of benzene rings is 1. The summed E-state index contributed by atoms with van der Waals surface area (Å²) in [7, 11) is 3.36. The lowest BCUT2D eigenvalue weighted by atomic mass is 9.60. The minimum atomic E-state index is -5.08. The SMILES string of the molecule is COCCN1CC2(CCN(C(=O)Cc3ccc(OC)cc3)CC2)C2(CCNC2=O)C1.O=C(O)C(F)(F)F. The third-order valence-electron chi connectivity index (χ3n) is 7.75. The van der Waals surface area contributed by atoms with Crippen molar-refractivity contribution in [2.45, 2.75) is 31.9 Å². The van der Waals surface area contributed by atoms with E-state index in [0.717, 1.165) is 69.8 Å². The second-order valence-electron chi connectivity index (χ2n) is 9.78. The fourth-order valence-corrected chi connectivity index (χ4v) is 5.74. The van der Waals surface area contributed by atoms with Gasteiger partial charge in [-0.05, 0) is 37.0 Å². The highest BCUT2D eigenvalue weighted by Gasteiger charge is 2.63. The molecule has 0 aliphatic carbocycles. The van der Waals surface area contributed by atoms with Crippen molar-refractivity contribution in [3.05, 3.63) is 29.8 Å². The number of halogens is 3. The number of ether oxygens (including phenoxy) is 2. The molecule has 0 bridgehead atoms. The van der Waals surface area contributed by atoms with Crippen LogP contribution < -0.4 is 10.1 Å². The van der Waals surface area contributed by atoms with E-state index in [1.54, 1.807) is 14.2 Å². The van der Waals surface area contributed by atoms with Gasteiger partial charge in [0.1, 0.15) is 5.75 Å². The van der Waals surface area contributed by atoms with Gasteiger partial charge in [-0.2, -0.15) is 13.2 Å². The number of hydrogen-bond donors (Lipinski definition) is 2. The average Bonchev–Trinajstić information content (AvgIpc) is 3.38. The van der Waals surface area contributed by atoms with E-state index in [0.29, 0.717) is 13.0 Å². The first-order valence-corrected chi connectivity index (χ1v) is 12.2. The summed E-state index contributed by atoms with van der Waals surface area (Å²) in [6, 6.07) is 7.68. The van der Waals surface area contributed by atoms with E-state index in [9.17, 15) is 22.8 Å². The zero-order valence-electron chi connectivity index (χ0n) is 21.1. The molecule has 1 aromatic carbocycles. The number of carboxylic acid groups (broad SMARTS) is 1. The van der Waals surface area contributed by atoms with Crippen LogP contribution in [0.25, 0.3) is 0 Å². The Hall–Kier alpha value is -2.86. The first kappa shape index (κ1) is 28.7. The Bertz CT molecular complexity index is 963. The minimum absolute atomic E-state index is 0.0434. The van der Waals surface area contributed by atoms with Crippen molar-refractivity contribution >= 4 is 17.8 Å². The summed E-state index contributed by atoms with van der Waals surface area (Å²) in [6.07, 6.45) is -2.01. The molecule has 1 unspecified atom stereocenters. The van der Waals surface area contributed by atoms with E-state index in [4.69, 9.17) is 19.4 Å². The fourth-order valence-electron chi connectivity index (χ4n) is 5.74. The zero-order valence-corrected chi connectivity index (χ0v) is 21.1. The lowest BCUT2D eigenvalue weighted by Crippen LogP contribution is -2.53. The van der Waals surface area contributed by atoms with E-state index in [2.05, 4.69) is 10.2 Å². The Morgan fingerprint density at radius 2 is 1.70 bits per heavy atom. The van der Waals surface area contributed by atoms with Gasteiger partial charge in [0, 0.05) is 51.8 Å². The number of amides is 2. The van der Waals surface area contributed by atoms with Crippen LogP contribution in [0, 0.1) is 10.8 Å². The van der Waals surface area contributed by atoms with Crippen LogP contribution in [-0.2, 0) is 25.5 Å². The monoisotopic (exact) mass is 529 g/mol. The van der Waals surface area contributed by atoms with Gasteiger partial charge in [-0.1, -0.05) is 12.1 Å². The zero-order chi connectivity index (χ0) is 27.3. The number of rotatable bonds is 6. The van der Waals surface area contributed by atoms with E-state index in [1.807, 2.05) is 29.2 Å². The topological polar surface area (TPSA) is 108 Å². The van der Waals surface area contributed by atoms with Crippen LogP contribution in [0.2, 0.25) is 0 Å². The molecule has 0 aromatic heterocycles. The van der Waals surface area contributed by atoms with E-state index < -0.39 is 12.1 Å². The number of hydrogen-bond acceptors (Lipinski definition) is 6. The molecule has 3 heterocycles. The maximum atomic E-state index is 12.9. The molecule has 0 radical (unpaired) electrons. The van der Waals surface area contributed by atoms with E-state index in [-0.39, 0.29) is 22.6 Å². The molecule has 3 saturated heterocycles. The Morgan fingerprint density at radius 3 is 2.19 bits per heavy atom. The summed E-state index contributed by atoms with van der Waals surface area (Å²) in [6.45, 7) is 5.48. The molecule has 3 aliphatic rings. The highest BCUT2D eigenvalue weighted by molar-refractivity contribution is 5.86. The van der Waals surface area contributed by atoms with Crippen molar-refractivity contribution in [1.82, 2.24) is 15.1 Å². The molecular formula is C25H34F3N3O6. The molecule has 2 spiro atoms. The van der Waals surface area contributed by atoms with Crippen molar-refractivity contribution in [2.75, 3.05) is 60.1 Å². The Kier molecular flexibility index (Phi) is 9.06. The van der Waals surface area contributed by atoms with Crippen molar-refractivity contribution in [2.24, 2.45) is 10.8 Å². The summed E-state index contributed by atoms with van der Waals surface area (Å²) in [5.74, 6) is -1.59. The summed E-state index contributed by atoms with van der Waals surface area (Å²) in [5.41, 5.74) is 0.642. The van der Waals surface area contributed by atoms with Crippen molar-refractivity contribution < 1.29 is 42.1 Å². The van der Waals surface area contributed by atoms with Gasteiger partial charge >= 0.3 is 12.1 Å². The highest BCUT2D eigenvalue weighted by atomic mass is 19.4. The van der Waals surface area contributed by atoms with Gasteiger partial charge in [-0.15, -0.1) is 0 Å². The molecule has 4 rings (SSSR count). The largest absolute Gasteiger partial charge is 0.497 e. The lowest BCUT2D eigenvalue weighted by Gasteiger charge is -2.46. The number of nitrogens with zero attached hydrogens (tertiary/aromatic N) is 2. The van der Waals surface area contributed by atoms with Gasteiger partial charge in [0.05, 0.1) is 25.6 Å². The molecule has 37 heavy (non-hydrogen) atoms. The Morgan fingerprint density at radius 1 is 1.08 bits per heavy atom. The molecule has 1 atom stereocenters. The Labute approximate surface area is 213 Å². The second kappa shape index (κ2) is 11.7. The van der Waals surface area contributed by atoms with Crippen LogP contribution in [0.4, 0.5) is 13.2 Å². The fraction of sp³-hybridized carbons (Fsp3) is 0.640. The van der Waals surface area contributed by atoms with Crippen molar-refractivity contribution in [1.29, 1.82) is 0 Å². The van der Waals surface area contributed by atoms with Gasteiger partial charge in [-0.3, -0.25) is 14.5 Å². The highest BCUT2D eigenvalue weighted by Crippen LogP contribution is 2.56. The number of alkyl halides is 3. The molecule has 9 nitrogen and oxygen atoms in total. The van der Waals surface area contributed by atoms with Crippen LogP contribution in [-0.4, -0.2) is 99.0 Å². The molecule has 2 amide bonds. The number of fused-ring (bicyclic) bond motifs is 1. The summed E-state index contributed by atoms with van der Waals surface area (Å²) in [4.78, 5) is 39.1. The molecule has 3 fully saturated rings. The molecule has 0 saturated carbocycles. The number of carbonyl (C=O) groups excluding carboxylic acids is 2. The van der Waals surface area contributed by atoms with Crippen molar-refractivity contribution in [3.8, 4) is 5.75 Å². The lowest BCUT2D eigenvalue weighted by molar-refractivity contribution is -0.192. The van der Waals surface area contributed by atoms with Gasteiger partial charge in [0.15, 0.2) is 0 Å². The van der Waals surface area contributed by atoms with E-state index >= 15 is 0 Å². The summed E-state index contributed by atoms with van der Waals surface area (Å²) < 4.78 is 42.2. The van der Waals surface area contributed by atoms with Crippen LogP contribution in [0.15, 0.2) is 24.3 Å². The number of likely N-dealkylation sites (tertiary alicyclic amines) is 2. The third-order valence-corrected chi connectivity index (χ3v) is 7.75. The molecule has 1 aromatic rings. The van der Waals surface area contributed by atoms with Crippen LogP contribution in [0.1, 0.15) is 24.8 Å². The van der Waals surface area contributed by atoms with E-state index in [1.165, 1.54) is 0 Å². The Balaban J connectivity index is 0.000000479. The maximum absolute atomic E-state index is 12.9. The van der Waals surface area contributed by atoms with Gasteiger partial charge in [0.25, 0.3) is 0 Å². The number of carbonyl (C=O) groups is 3. The number of carboxylic acids is 1. The van der Waals surface area contributed by atoms with Gasteiger partial charge < -0.3 is 24.8 Å². The normalized spacial score (nSPS) is 23.1.